The third-order valence-corrected chi connectivity index (χ3v) is 13.9. The number of anilines is 2. The molecule has 0 bridgehead atoms. The van der Waals surface area contributed by atoms with Crippen LogP contribution in [0.2, 0.25) is 0 Å². The number of fused-ring (bicyclic) bond motifs is 1. The molecule has 1 fully saturated rings. The molecule has 17 heteroatoms. The number of nitrogens with zero attached hydrogens (tertiary/aromatic N) is 8. The molecule has 0 atom stereocenters. The Kier molecular flexibility index (Phi) is 13.9. The maximum Gasteiger partial charge on any atom is 0.297 e. The topological polar surface area (TPSA) is 190 Å². The first-order valence-electron chi connectivity index (χ1n) is 21.3. The molecule has 0 saturated heterocycles. The number of hydrogen-bond acceptors (Lipinski definition) is 12. The average Bonchev–Trinajstić information content (AvgIpc) is 3.69. The summed E-state index contributed by atoms with van der Waals surface area (Å²) in [5.74, 6) is 1.35. The molecule has 9 rings (SSSR count). The molecule has 0 spiro atoms. The van der Waals surface area contributed by atoms with Gasteiger partial charge in [-0.05, 0) is 136 Å². The largest absolute Gasteiger partial charge is 0.371 e. The molecule has 14 nitrogen and oxygen atoms in total. The number of aryl methyl sites for hydroxylation is 1. The molecule has 0 unspecified atom stereocenters. The van der Waals surface area contributed by atoms with E-state index in [0.29, 0.717) is 29.5 Å². The Morgan fingerprint density at radius 2 is 1.30 bits per heavy atom. The second kappa shape index (κ2) is 19.0. The zero-order valence-electron chi connectivity index (χ0n) is 35.6. The molecule has 3 aliphatic heterocycles. The minimum absolute atomic E-state index is 0. The van der Waals surface area contributed by atoms with Gasteiger partial charge in [-0.1, -0.05) is 55.7 Å². The second-order valence-electron chi connectivity index (χ2n) is 17.3. The van der Waals surface area contributed by atoms with Crippen molar-refractivity contribution in [2.24, 2.45) is 20.5 Å². The van der Waals surface area contributed by atoms with Gasteiger partial charge >= 0.3 is 0 Å². The van der Waals surface area contributed by atoms with Gasteiger partial charge in [0.05, 0.1) is 0 Å². The molecule has 1 saturated carbocycles. The minimum Gasteiger partial charge on any atom is -0.371 e. The van der Waals surface area contributed by atoms with Gasteiger partial charge in [-0.3, -0.25) is 9.11 Å². The van der Waals surface area contributed by atoms with E-state index in [1.807, 2.05) is 48.7 Å². The van der Waals surface area contributed by atoms with Gasteiger partial charge in [-0.25, -0.2) is 9.97 Å². The maximum absolute atomic E-state index is 12.3. The van der Waals surface area contributed by atoms with Crippen LogP contribution in [0, 0.1) is 0 Å². The van der Waals surface area contributed by atoms with E-state index in [0.717, 1.165) is 78.9 Å². The van der Waals surface area contributed by atoms with Gasteiger partial charge < -0.3 is 9.80 Å². The standard InChI is InChI=1S/C23H28N4O3S.C23H24N4O3S.Ni/c28-31(29,30)23-19-9-5-13-27-12-4-8-17(22(19)27)14-20(23)25-26-21-11-10-18(15-24-21)16-6-2-1-3-7-16;1-23(2,3)27-12-11-17-13-19(21(14-20(17)27)31(28,29)30)25-26-22-10-9-18(15-24-22)16-7-5-4-6-8-16;/h10-11,14-16H,1-9,12-13H2,(H,28,29,30);4-10,13-15H,11-12H2,1-3H3,(H,28,29,30);. The third-order valence-electron chi connectivity index (χ3n) is 12.1. The second-order valence-corrected chi connectivity index (χ2v) is 20.1. The van der Waals surface area contributed by atoms with Crippen molar-refractivity contribution in [3.05, 3.63) is 107 Å². The van der Waals surface area contributed by atoms with Crippen molar-refractivity contribution in [1.29, 1.82) is 0 Å². The van der Waals surface area contributed by atoms with Crippen molar-refractivity contribution in [2.45, 2.75) is 106 Å². The molecule has 4 aliphatic rings. The zero-order valence-corrected chi connectivity index (χ0v) is 38.2. The zero-order chi connectivity index (χ0) is 43.6. The van der Waals surface area contributed by atoms with Crippen LogP contribution in [-0.2, 0) is 56.0 Å². The minimum atomic E-state index is -4.47. The molecule has 5 aromatic rings. The Hall–Kier alpha value is -4.93. The van der Waals surface area contributed by atoms with Gasteiger partial charge in [0.15, 0.2) is 11.6 Å². The Labute approximate surface area is 379 Å². The van der Waals surface area contributed by atoms with Crippen LogP contribution in [0.5, 0.6) is 0 Å². The van der Waals surface area contributed by atoms with Gasteiger partial charge in [0.25, 0.3) is 20.2 Å². The molecule has 1 aliphatic carbocycles. The maximum atomic E-state index is 12.3. The Morgan fingerprint density at radius 3 is 1.92 bits per heavy atom. The molecule has 3 aromatic carbocycles. The fourth-order valence-corrected chi connectivity index (χ4v) is 10.7. The van der Waals surface area contributed by atoms with Gasteiger partial charge in [0.1, 0.15) is 21.2 Å². The predicted molar refractivity (Wildman–Crippen MR) is 240 cm³/mol. The van der Waals surface area contributed by atoms with E-state index < -0.39 is 20.2 Å². The van der Waals surface area contributed by atoms with Gasteiger partial charge in [0.2, 0.25) is 0 Å². The summed E-state index contributed by atoms with van der Waals surface area (Å²) >= 11 is 0. The van der Waals surface area contributed by atoms with E-state index in [4.69, 9.17) is 0 Å². The van der Waals surface area contributed by atoms with Crippen LogP contribution in [-0.4, -0.2) is 61.1 Å². The predicted octanol–water partition coefficient (Wildman–Crippen LogP) is 11.1. The first-order valence-corrected chi connectivity index (χ1v) is 24.2. The van der Waals surface area contributed by atoms with Crippen LogP contribution in [0.1, 0.15) is 93.9 Å². The number of rotatable bonds is 8. The fourth-order valence-electron chi connectivity index (χ4n) is 9.15. The molecule has 0 amide bonds. The summed E-state index contributed by atoms with van der Waals surface area (Å²) in [5.41, 5.74) is 7.86. The number of pyridine rings is 2. The Morgan fingerprint density at radius 1 is 0.651 bits per heavy atom. The smallest absolute Gasteiger partial charge is 0.297 e. The van der Waals surface area contributed by atoms with Crippen molar-refractivity contribution in [3.63, 3.8) is 0 Å². The summed E-state index contributed by atoms with van der Waals surface area (Å²) in [7, 11) is -8.90. The molecular weight excluding hydrogens is 883 g/mol. The summed E-state index contributed by atoms with van der Waals surface area (Å²) in [5, 5.41) is 16.7. The Bertz CT molecular complexity index is 2720. The van der Waals surface area contributed by atoms with Crippen LogP contribution in [0.15, 0.2) is 115 Å². The molecule has 63 heavy (non-hydrogen) atoms. The number of aromatic nitrogens is 2. The summed E-state index contributed by atoms with van der Waals surface area (Å²) in [6, 6.07) is 22.3. The average molecular weight is 936 g/mol. The van der Waals surface area contributed by atoms with E-state index >= 15 is 0 Å². The van der Waals surface area contributed by atoms with Crippen molar-refractivity contribution in [2.75, 3.05) is 29.4 Å². The SMILES string of the molecule is CC(C)(C)N1CCc2cc(N=Nc3ccc(-c4ccccc4)cn3)c(S(=O)(=O)O)cc21.O=S(=O)(O)c1c(N=Nc2ccc(C3CCCCC3)cn2)cc2c3c1CCCN3CCC2.[Ni]. The first-order chi connectivity index (χ1) is 29.6. The van der Waals surface area contributed by atoms with Crippen molar-refractivity contribution >= 4 is 54.6 Å². The van der Waals surface area contributed by atoms with E-state index in [-0.39, 0.29) is 43.2 Å². The Balaban J connectivity index is 0.000000186. The quantitative estimate of drug-likeness (QED) is 0.0860. The van der Waals surface area contributed by atoms with Crippen molar-refractivity contribution < 1.29 is 42.4 Å². The van der Waals surface area contributed by atoms with Crippen molar-refractivity contribution in [3.8, 4) is 11.1 Å². The first kappa shape index (κ1) is 46.1. The van der Waals surface area contributed by atoms with Crippen LogP contribution in [0.3, 0.4) is 0 Å². The van der Waals surface area contributed by atoms with Gasteiger partial charge in [0, 0.05) is 71.0 Å². The molecule has 334 valence electrons. The summed E-state index contributed by atoms with van der Waals surface area (Å²) in [6.07, 6.45) is 14.0. The van der Waals surface area contributed by atoms with Gasteiger partial charge in [-0.15, -0.1) is 20.5 Å². The summed E-state index contributed by atoms with van der Waals surface area (Å²) in [4.78, 5) is 12.7. The molecule has 5 heterocycles. The number of hydrogen-bond donors (Lipinski definition) is 2. The summed E-state index contributed by atoms with van der Waals surface area (Å²) < 4.78 is 68.5. The fraction of sp³-hybridized carbons (Fsp3) is 0.391. The molecular formula is C46H52N8NiO6S2. The normalized spacial score (nSPS) is 16.7. The van der Waals surface area contributed by atoms with Crippen molar-refractivity contribution in [1.82, 2.24) is 9.97 Å². The van der Waals surface area contributed by atoms with Crippen LogP contribution in [0.25, 0.3) is 11.1 Å². The van der Waals surface area contributed by atoms with Crippen LogP contribution >= 0.6 is 0 Å². The van der Waals surface area contributed by atoms with E-state index in [2.05, 4.69) is 67.1 Å². The number of azo groups is 2. The monoisotopic (exact) mass is 934 g/mol. The summed E-state index contributed by atoms with van der Waals surface area (Å²) in [6.45, 7) is 8.80. The van der Waals surface area contributed by atoms with Crippen LogP contribution < -0.4 is 9.80 Å². The number of benzene rings is 3. The molecule has 0 radical (unpaired) electrons. The molecule has 2 N–H and O–H groups in total. The van der Waals surface area contributed by atoms with E-state index in [1.54, 1.807) is 24.4 Å². The van der Waals surface area contributed by atoms with Gasteiger partial charge in [-0.2, -0.15) is 16.8 Å². The third kappa shape index (κ3) is 10.6. The molecule has 2 aromatic heterocycles. The van der Waals surface area contributed by atoms with E-state index in [9.17, 15) is 25.9 Å². The van der Waals surface area contributed by atoms with E-state index in [1.165, 1.54) is 43.7 Å². The van der Waals surface area contributed by atoms with Crippen LogP contribution in [0.4, 0.5) is 34.4 Å².